The number of aromatic nitrogens is 1. The quantitative estimate of drug-likeness (QED) is 0.688. The summed E-state index contributed by atoms with van der Waals surface area (Å²) in [7, 11) is 0. The summed E-state index contributed by atoms with van der Waals surface area (Å²) in [6, 6.07) is 3.13. The number of hydrogen-bond donors (Lipinski definition) is 2. The number of piperazine rings is 1. The van der Waals surface area contributed by atoms with Crippen LogP contribution in [-0.4, -0.2) is 51.3 Å². The van der Waals surface area contributed by atoms with Crippen LogP contribution in [0.5, 0.6) is 0 Å². The van der Waals surface area contributed by atoms with Gasteiger partial charge in [-0.05, 0) is 19.1 Å². The first-order valence-electron chi connectivity index (χ1n) is 5.75. The lowest BCUT2D eigenvalue weighted by molar-refractivity contribution is -0.138. The number of nitrogens with zero attached hydrogens (tertiary/aromatic N) is 2. The van der Waals surface area contributed by atoms with Crippen molar-refractivity contribution in [3.05, 3.63) is 29.6 Å². The molecule has 2 N–H and O–H groups in total. The van der Waals surface area contributed by atoms with Crippen molar-refractivity contribution >= 4 is 23.7 Å². The first-order chi connectivity index (χ1) is 9.40. The lowest BCUT2D eigenvalue weighted by atomic mass is 10.1. The summed E-state index contributed by atoms with van der Waals surface area (Å²) in [6.07, 6.45) is 0. The highest BCUT2D eigenvalue weighted by molar-refractivity contribution is 6.06. The lowest BCUT2D eigenvalue weighted by Gasteiger charge is -2.31. The molecule has 8 heteroatoms. The van der Waals surface area contributed by atoms with Crippen molar-refractivity contribution in [3.63, 3.8) is 0 Å². The molecule has 0 saturated carbocycles. The average molecular weight is 277 g/mol. The highest BCUT2D eigenvalue weighted by Crippen LogP contribution is 2.10. The number of amides is 3. The molecule has 2 heterocycles. The molecule has 1 atom stereocenters. The van der Waals surface area contributed by atoms with Gasteiger partial charge < -0.3 is 10.0 Å². The summed E-state index contributed by atoms with van der Waals surface area (Å²) in [6.45, 7) is 1.20. The van der Waals surface area contributed by atoms with Gasteiger partial charge in [0.1, 0.15) is 24.0 Å². The van der Waals surface area contributed by atoms with E-state index in [0.29, 0.717) is 0 Å². The van der Waals surface area contributed by atoms with Gasteiger partial charge in [-0.3, -0.25) is 19.7 Å². The molecule has 0 bridgehead atoms. The summed E-state index contributed by atoms with van der Waals surface area (Å²) in [5.74, 6) is -3.09. The third-order valence-corrected chi connectivity index (χ3v) is 2.87. The maximum Gasteiger partial charge on any atom is 0.354 e. The van der Waals surface area contributed by atoms with Crippen LogP contribution in [0.2, 0.25) is 0 Å². The van der Waals surface area contributed by atoms with Gasteiger partial charge in [0.25, 0.3) is 5.91 Å². The fraction of sp³-hybridized carbons (Fsp3) is 0.250. The zero-order chi connectivity index (χ0) is 14.9. The molecule has 1 unspecified atom stereocenters. The SMILES string of the molecule is CC1C(=O)NC(=O)CN1C(=O)c1cccc(C(=O)O)n1. The summed E-state index contributed by atoms with van der Waals surface area (Å²) >= 11 is 0. The molecule has 0 aliphatic carbocycles. The third kappa shape index (κ3) is 2.48. The van der Waals surface area contributed by atoms with Crippen LogP contribution < -0.4 is 5.32 Å². The van der Waals surface area contributed by atoms with Crippen LogP contribution in [0.3, 0.4) is 0 Å². The molecule has 104 valence electrons. The van der Waals surface area contributed by atoms with E-state index >= 15 is 0 Å². The first-order valence-corrected chi connectivity index (χ1v) is 5.75. The number of imide groups is 1. The van der Waals surface area contributed by atoms with Gasteiger partial charge in [-0.1, -0.05) is 6.07 Å². The predicted molar refractivity (Wildman–Crippen MR) is 64.8 cm³/mol. The Morgan fingerprint density at radius 2 is 2.00 bits per heavy atom. The molecule has 0 radical (unpaired) electrons. The van der Waals surface area contributed by atoms with Gasteiger partial charge >= 0.3 is 5.97 Å². The molecular formula is C12H11N3O5. The minimum atomic E-state index is -1.26. The number of rotatable bonds is 2. The van der Waals surface area contributed by atoms with Gasteiger partial charge in [0.05, 0.1) is 0 Å². The van der Waals surface area contributed by atoms with Crippen molar-refractivity contribution < 1.29 is 24.3 Å². The standard InChI is InChI=1S/C12H11N3O5/c1-6-10(17)14-9(16)5-15(6)11(18)7-3-2-4-8(13-7)12(19)20/h2-4,6H,5H2,1H3,(H,19,20)(H,14,16,17). The second kappa shape index (κ2) is 5.08. The minimum absolute atomic E-state index is 0.126. The molecule has 8 nitrogen and oxygen atoms in total. The van der Waals surface area contributed by atoms with Crippen molar-refractivity contribution in [1.29, 1.82) is 0 Å². The molecule has 1 fully saturated rings. The Balaban J connectivity index is 2.30. The average Bonchev–Trinajstić information content (AvgIpc) is 2.42. The highest BCUT2D eigenvalue weighted by Gasteiger charge is 2.34. The van der Waals surface area contributed by atoms with Crippen LogP contribution in [0.25, 0.3) is 0 Å². The normalized spacial score (nSPS) is 18.6. The first kappa shape index (κ1) is 13.7. The Labute approximate surface area is 113 Å². The minimum Gasteiger partial charge on any atom is -0.477 e. The van der Waals surface area contributed by atoms with E-state index < -0.39 is 29.7 Å². The molecule has 2 rings (SSSR count). The van der Waals surface area contributed by atoms with Crippen molar-refractivity contribution in [1.82, 2.24) is 15.2 Å². The van der Waals surface area contributed by atoms with E-state index in [1.165, 1.54) is 25.1 Å². The largest absolute Gasteiger partial charge is 0.477 e. The van der Waals surface area contributed by atoms with Crippen molar-refractivity contribution in [2.24, 2.45) is 0 Å². The Kier molecular flexibility index (Phi) is 3.47. The van der Waals surface area contributed by atoms with Crippen LogP contribution in [0, 0.1) is 0 Å². The van der Waals surface area contributed by atoms with E-state index in [1.807, 2.05) is 0 Å². The van der Waals surface area contributed by atoms with Crippen LogP contribution in [0.15, 0.2) is 18.2 Å². The van der Waals surface area contributed by atoms with E-state index in [4.69, 9.17) is 5.11 Å². The van der Waals surface area contributed by atoms with Crippen LogP contribution in [0.4, 0.5) is 0 Å². The van der Waals surface area contributed by atoms with Gasteiger partial charge in [0, 0.05) is 0 Å². The van der Waals surface area contributed by atoms with Crippen LogP contribution >= 0.6 is 0 Å². The van der Waals surface area contributed by atoms with Crippen LogP contribution in [0.1, 0.15) is 27.9 Å². The Morgan fingerprint density at radius 1 is 1.35 bits per heavy atom. The third-order valence-electron chi connectivity index (χ3n) is 2.87. The lowest BCUT2D eigenvalue weighted by Crippen LogP contribution is -2.58. The summed E-state index contributed by atoms with van der Waals surface area (Å²) in [5, 5.41) is 10.9. The summed E-state index contributed by atoms with van der Waals surface area (Å²) in [5.41, 5.74) is -0.407. The molecule has 1 aromatic heterocycles. The molecular weight excluding hydrogens is 266 g/mol. The highest BCUT2D eigenvalue weighted by atomic mass is 16.4. The maximum absolute atomic E-state index is 12.2. The van der Waals surface area contributed by atoms with Crippen molar-refractivity contribution in [2.75, 3.05) is 6.54 Å². The fourth-order valence-corrected chi connectivity index (χ4v) is 1.78. The number of aromatic carboxylic acids is 1. The smallest absolute Gasteiger partial charge is 0.354 e. The molecule has 3 amide bonds. The van der Waals surface area contributed by atoms with Gasteiger partial charge in [-0.15, -0.1) is 0 Å². The maximum atomic E-state index is 12.2. The molecule has 1 aliphatic rings. The zero-order valence-electron chi connectivity index (χ0n) is 10.5. The number of carboxylic acid groups (broad SMARTS) is 1. The van der Waals surface area contributed by atoms with E-state index in [-0.39, 0.29) is 17.9 Å². The van der Waals surface area contributed by atoms with Crippen molar-refractivity contribution in [2.45, 2.75) is 13.0 Å². The van der Waals surface area contributed by atoms with E-state index in [1.54, 1.807) is 0 Å². The van der Waals surface area contributed by atoms with Crippen LogP contribution in [-0.2, 0) is 9.59 Å². The molecule has 20 heavy (non-hydrogen) atoms. The van der Waals surface area contributed by atoms with Crippen molar-refractivity contribution in [3.8, 4) is 0 Å². The Hall–Kier alpha value is -2.77. The summed E-state index contributed by atoms with van der Waals surface area (Å²) in [4.78, 5) is 50.6. The monoisotopic (exact) mass is 277 g/mol. The second-order valence-corrected chi connectivity index (χ2v) is 4.23. The molecule has 1 aliphatic heterocycles. The summed E-state index contributed by atoms with van der Waals surface area (Å²) < 4.78 is 0. The predicted octanol–water partition coefficient (Wildman–Crippen LogP) is -0.733. The molecule has 1 saturated heterocycles. The fourth-order valence-electron chi connectivity index (χ4n) is 1.78. The molecule has 0 spiro atoms. The number of carbonyl (C=O) groups excluding carboxylic acids is 3. The molecule has 1 aromatic rings. The number of pyridine rings is 1. The van der Waals surface area contributed by atoms with Gasteiger partial charge in [-0.2, -0.15) is 0 Å². The topological polar surface area (TPSA) is 117 Å². The van der Waals surface area contributed by atoms with E-state index in [9.17, 15) is 19.2 Å². The molecule has 0 aromatic carbocycles. The number of hydrogen-bond acceptors (Lipinski definition) is 5. The second-order valence-electron chi connectivity index (χ2n) is 4.23. The van der Waals surface area contributed by atoms with Gasteiger partial charge in [0.15, 0.2) is 0 Å². The number of carboxylic acids is 1. The van der Waals surface area contributed by atoms with E-state index in [2.05, 4.69) is 10.3 Å². The zero-order valence-corrected chi connectivity index (χ0v) is 10.5. The van der Waals surface area contributed by atoms with E-state index in [0.717, 1.165) is 4.90 Å². The number of nitrogens with one attached hydrogen (secondary N) is 1. The Bertz CT molecular complexity index is 613. The number of carbonyl (C=O) groups is 4. The van der Waals surface area contributed by atoms with Gasteiger partial charge in [-0.25, -0.2) is 9.78 Å². The Morgan fingerprint density at radius 3 is 2.65 bits per heavy atom. The van der Waals surface area contributed by atoms with Gasteiger partial charge in [0.2, 0.25) is 11.8 Å².